The monoisotopic (exact) mass is 544 g/mol. The molecular formula is C25H31F3N2O6S. The van der Waals surface area contributed by atoms with Gasteiger partial charge >= 0.3 is 18.1 Å². The first kappa shape index (κ1) is 29.9. The number of benzene rings is 2. The smallest absolute Gasteiger partial charge is 0.478 e. The Morgan fingerprint density at radius 3 is 1.92 bits per heavy atom. The second-order valence-corrected chi connectivity index (χ2v) is 11.6. The van der Waals surface area contributed by atoms with E-state index in [0.29, 0.717) is 11.6 Å². The SMILES string of the molecule is CC1CCN(c2ccc(NS(=O)(=O)c3ccc(C(C)(C)C)cc3)cc2C(=O)O)CC1.O=C(O)C(F)(F)F. The Hall–Kier alpha value is -3.28. The fourth-order valence-electron chi connectivity index (χ4n) is 3.64. The summed E-state index contributed by atoms with van der Waals surface area (Å²) in [5.41, 5.74) is 1.93. The highest BCUT2D eigenvalue weighted by Gasteiger charge is 2.38. The van der Waals surface area contributed by atoms with Crippen molar-refractivity contribution in [1.82, 2.24) is 0 Å². The zero-order chi connectivity index (χ0) is 28.2. The molecule has 1 saturated heterocycles. The van der Waals surface area contributed by atoms with Gasteiger partial charge in [-0.3, -0.25) is 4.72 Å². The molecule has 1 aliphatic heterocycles. The van der Waals surface area contributed by atoms with Gasteiger partial charge in [-0.15, -0.1) is 0 Å². The summed E-state index contributed by atoms with van der Waals surface area (Å²) in [5.74, 6) is -3.20. The van der Waals surface area contributed by atoms with Crippen LogP contribution in [0.25, 0.3) is 0 Å². The number of anilines is 2. The minimum atomic E-state index is -5.08. The van der Waals surface area contributed by atoms with Crippen LogP contribution in [0.3, 0.4) is 0 Å². The van der Waals surface area contributed by atoms with Crippen LogP contribution in [-0.4, -0.2) is 49.8 Å². The zero-order valence-electron chi connectivity index (χ0n) is 21.0. The first-order valence-corrected chi connectivity index (χ1v) is 13.0. The number of halogens is 3. The molecular weight excluding hydrogens is 513 g/mol. The van der Waals surface area contributed by atoms with Crippen LogP contribution in [0.5, 0.6) is 0 Å². The van der Waals surface area contributed by atoms with E-state index in [4.69, 9.17) is 9.90 Å². The molecule has 2 aromatic carbocycles. The molecule has 0 radical (unpaired) electrons. The van der Waals surface area contributed by atoms with E-state index in [-0.39, 0.29) is 21.6 Å². The predicted molar refractivity (Wildman–Crippen MR) is 134 cm³/mol. The molecule has 8 nitrogen and oxygen atoms in total. The van der Waals surface area contributed by atoms with Crippen molar-refractivity contribution >= 4 is 33.3 Å². The van der Waals surface area contributed by atoms with Crippen molar-refractivity contribution in [3.8, 4) is 0 Å². The Bertz CT molecular complexity index is 1210. The van der Waals surface area contributed by atoms with Gasteiger partial charge in [-0.2, -0.15) is 13.2 Å². The van der Waals surface area contributed by atoms with Gasteiger partial charge < -0.3 is 15.1 Å². The first-order valence-electron chi connectivity index (χ1n) is 11.5. The number of piperidine rings is 1. The van der Waals surface area contributed by atoms with E-state index in [1.165, 1.54) is 6.07 Å². The maximum atomic E-state index is 12.8. The molecule has 0 unspecified atom stereocenters. The maximum Gasteiger partial charge on any atom is 0.490 e. The third-order valence-corrected chi connectivity index (χ3v) is 7.27. The predicted octanol–water partition coefficient (Wildman–Crippen LogP) is 5.35. The summed E-state index contributed by atoms with van der Waals surface area (Å²) in [6, 6.07) is 11.5. The molecule has 12 heteroatoms. The van der Waals surface area contributed by atoms with Crippen LogP contribution in [0.1, 0.15) is 56.5 Å². The summed E-state index contributed by atoms with van der Waals surface area (Å²) in [6.07, 6.45) is -3.06. The lowest BCUT2D eigenvalue weighted by Gasteiger charge is -2.33. The molecule has 204 valence electrons. The largest absolute Gasteiger partial charge is 0.490 e. The third-order valence-electron chi connectivity index (χ3n) is 5.88. The van der Waals surface area contributed by atoms with Gasteiger partial charge in [0, 0.05) is 18.8 Å². The second kappa shape index (κ2) is 11.4. The maximum absolute atomic E-state index is 12.8. The minimum Gasteiger partial charge on any atom is -0.478 e. The standard InChI is InChI=1S/C23H30N2O4S.C2HF3O2/c1-16-11-13-25(14-12-16)21-10-7-18(15-20(21)22(26)27)24-30(28,29)19-8-5-17(6-9-19)23(2,3)4;3-2(4,5)1(6)7/h5-10,15-16,24H,11-14H2,1-4H3,(H,26,27);(H,6,7). The van der Waals surface area contributed by atoms with Gasteiger partial charge in [-0.1, -0.05) is 39.8 Å². The lowest BCUT2D eigenvalue weighted by molar-refractivity contribution is -0.192. The molecule has 0 saturated carbocycles. The average molecular weight is 545 g/mol. The Labute approximate surface area is 214 Å². The molecule has 37 heavy (non-hydrogen) atoms. The number of aromatic carboxylic acids is 1. The molecule has 0 atom stereocenters. The Kier molecular flexibility index (Phi) is 9.23. The van der Waals surface area contributed by atoms with Gasteiger partial charge in [0.1, 0.15) is 0 Å². The number of rotatable bonds is 5. The van der Waals surface area contributed by atoms with Gasteiger partial charge in [-0.25, -0.2) is 18.0 Å². The van der Waals surface area contributed by atoms with Crippen molar-refractivity contribution in [3.63, 3.8) is 0 Å². The third kappa shape index (κ3) is 8.38. The summed E-state index contributed by atoms with van der Waals surface area (Å²) in [5, 5.41) is 16.8. The highest BCUT2D eigenvalue weighted by atomic mass is 32.2. The normalized spacial score (nSPS) is 14.9. The summed E-state index contributed by atoms with van der Waals surface area (Å²) in [7, 11) is -3.82. The molecule has 0 spiro atoms. The van der Waals surface area contributed by atoms with E-state index in [1.54, 1.807) is 36.4 Å². The Morgan fingerprint density at radius 2 is 1.49 bits per heavy atom. The number of carboxylic acids is 2. The topological polar surface area (TPSA) is 124 Å². The zero-order valence-corrected chi connectivity index (χ0v) is 21.8. The summed E-state index contributed by atoms with van der Waals surface area (Å²) in [6.45, 7) is 9.98. The van der Waals surface area contributed by atoms with E-state index in [2.05, 4.69) is 37.3 Å². The molecule has 0 bridgehead atoms. The molecule has 1 fully saturated rings. The second-order valence-electron chi connectivity index (χ2n) is 9.89. The number of aliphatic carboxylic acids is 1. The van der Waals surface area contributed by atoms with Gasteiger partial charge in [-0.05, 0) is 60.1 Å². The number of sulfonamides is 1. The van der Waals surface area contributed by atoms with Crippen molar-refractivity contribution < 1.29 is 41.4 Å². The van der Waals surface area contributed by atoms with Crippen molar-refractivity contribution in [2.45, 2.75) is 57.0 Å². The fourth-order valence-corrected chi connectivity index (χ4v) is 4.69. The van der Waals surface area contributed by atoms with Crippen LogP contribution >= 0.6 is 0 Å². The van der Waals surface area contributed by atoms with E-state index >= 15 is 0 Å². The van der Waals surface area contributed by atoms with E-state index < -0.39 is 28.1 Å². The van der Waals surface area contributed by atoms with Gasteiger partial charge in [0.05, 0.1) is 16.1 Å². The van der Waals surface area contributed by atoms with Crippen LogP contribution in [0, 0.1) is 5.92 Å². The molecule has 0 aliphatic carbocycles. The fraction of sp³-hybridized carbons (Fsp3) is 0.440. The molecule has 2 aromatic rings. The first-order chi connectivity index (χ1) is 16.9. The van der Waals surface area contributed by atoms with Crippen molar-refractivity contribution in [1.29, 1.82) is 0 Å². The minimum absolute atomic E-state index is 0.0752. The molecule has 1 aliphatic rings. The molecule has 1 heterocycles. The van der Waals surface area contributed by atoms with E-state index in [1.807, 2.05) is 0 Å². The lowest BCUT2D eigenvalue weighted by Crippen LogP contribution is -2.33. The molecule has 0 amide bonds. The van der Waals surface area contributed by atoms with Crippen LogP contribution < -0.4 is 9.62 Å². The highest BCUT2D eigenvalue weighted by molar-refractivity contribution is 7.92. The van der Waals surface area contributed by atoms with Crippen LogP contribution in [-0.2, 0) is 20.2 Å². The van der Waals surface area contributed by atoms with Gasteiger partial charge in [0.25, 0.3) is 10.0 Å². The van der Waals surface area contributed by atoms with Crippen molar-refractivity contribution in [2.24, 2.45) is 5.92 Å². The highest BCUT2D eigenvalue weighted by Crippen LogP contribution is 2.30. The van der Waals surface area contributed by atoms with Crippen LogP contribution in [0.15, 0.2) is 47.4 Å². The van der Waals surface area contributed by atoms with Crippen LogP contribution in [0.2, 0.25) is 0 Å². The Balaban J connectivity index is 0.000000604. The average Bonchev–Trinajstić information content (AvgIpc) is 2.79. The van der Waals surface area contributed by atoms with E-state index in [0.717, 1.165) is 31.5 Å². The quantitative estimate of drug-likeness (QED) is 0.463. The number of hydrogen-bond donors (Lipinski definition) is 3. The summed E-state index contributed by atoms with van der Waals surface area (Å²) >= 11 is 0. The van der Waals surface area contributed by atoms with Crippen molar-refractivity contribution in [3.05, 3.63) is 53.6 Å². The number of carbonyl (C=O) groups is 2. The molecule has 3 rings (SSSR count). The number of hydrogen-bond acceptors (Lipinski definition) is 5. The number of nitrogens with one attached hydrogen (secondary N) is 1. The van der Waals surface area contributed by atoms with Gasteiger partial charge in [0.2, 0.25) is 0 Å². The Morgan fingerprint density at radius 1 is 0.973 bits per heavy atom. The summed E-state index contributed by atoms with van der Waals surface area (Å²) in [4.78, 5) is 22.9. The number of alkyl halides is 3. The summed E-state index contributed by atoms with van der Waals surface area (Å²) < 4.78 is 59.8. The molecule has 3 N–H and O–H groups in total. The number of carboxylic acid groups (broad SMARTS) is 2. The number of nitrogens with zero attached hydrogens (tertiary/aromatic N) is 1. The van der Waals surface area contributed by atoms with Gasteiger partial charge in [0.15, 0.2) is 0 Å². The molecule has 0 aromatic heterocycles. The van der Waals surface area contributed by atoms with E-state index in [9.17, 15) is 31.5 Å². The van der Waals surface area contributed by atoms with Crippen LogP contribution in [0.4, 0.5) is 24.5 Å². The van der Waals surface area contributed by atoms with Crippen molar-refractivity contribution in [2.75, 3.05) is 22.7 Å². The lowest BCUT2D eigenvalue weighted by atomic mass is 9.87.